The summed E-state index contributed by atoms with van der Waals surface area (Å²) in [4.78, 5) is 0. The number of hydrogen-bond acceptors (Lipinski definition) is 1. The van der Waals surface area contributed by atoms with Crippen LogP contribution in [0.4, 0.5) is 0 Å². The Kier molecular flexibility index (Phi) is 3.63. The molecule has 2 saturated carbocycles. The topological polar surface area (TPSA) is 20.2 Å². The third kappa shape index (κ3) is 2.57. The molecule has 0 amide bonds. The van der Waals surface area contributed by atoms with Crippen molar-refractivity contribution in [3.63, 3.8) is 0 Å². The maximum atomic E-state index is 10.3. The zero-order valence-corrected chi connectivity index (χ0v) is 11.4. The third-order valence-corrected chi connectivity index (χ3v) is 5.24. The minimum absolute atomic E-state index is 0.228. The van der Waals surface area contributed by atoms with Gasteiger partial charge in [0.2, 0.25) is 0 Å². The molecule has 2 aliphatic carbocycles. The molecule has 1 N–H and O–H groups in total. The Hall–Kier alpha value is -0.530. The predicted octanol–water partition coefficient (Wildman–Crippen LogP) is 4.07. The van der Waals surface area contributed by atoms with Crippen LogP contribution in [-0.4, -0.2) is 11.2 Å². The molecule has 0 aliphatic heterocycles. The van der Waals surface area contributed by atoms with E-state index in [0.29, 0.717) is 6.42 Å². The van der Waals surface area contributed by atoms with Gasteiger partial charge in [0.25, 0.3) is 0 Å². The molecule has 1 aromatic carbocycles. The average Bonchev–Trinajstić information content (AvgIpc) is 2.94. The van der Waals surface area contributed by atoms with Gasteiger partial charge in [-0.1, -0.05) is 36.2 Å². The van der Waals surface area contributed by atoms with E-state index in [4.69, 9.17) is 11.6 Å². The van der Waals surface area contributed by atoms with E-state index in [1.807, 2.05) is 24.3 Å². The van der Waals surface area contributed by atoms with Crippen LogP contribution in [-0.2, 0) is 6.42 Å². The Morgan fingerprint density at radius 3 is 2.72 bits per heavy atom. The fourth-order valence-corrected chi connectivity index (χ4v) is 4.23. The summed E-state index contributed by atoms with van der Waals surface area (Å²) in [6.07, 6.45) is 7.04. The normalized spacial score (nSPS) is 31.8. The highest BCUT2D eigenvalue weighted by atomic mass is 35.5. The van der Waals surface area contributed by atoms with Crippen molar-refractivity contribution < 1.29 is 5.11 Å². The number of fused-ring (bicyclic) bond motifs is 2. The highest BCUT2D eigenvalue weighted by Crippen LogP contribution is 2.50. The summed E-state index contributed by atoms with van der Waals surface area (Å²) in [5.41, 5.74) is 1.08. The van der Waals surface area contributed by atoms with E-state index < -0.39 is 0 Å². The SMILES string of the molecule is OC(Cc1ccccc1Cl)CC1CC2CCC1C2. The molecule has 0 radical (unpaired) electrons. The van der Waals surface area contributed by atoms with Gasteiger partial charge in [-0.15, -0.1) is 0 Å². The molecule has 0 heterocycles. The fourth-order valence-electron chi connectivity index (χ4n) is 4.02. The van der Waals surface area contributed by atoms with Crippen LogP contribution >= 0.6 is 11.6 Å². The summed E-state index contributed by atoms with van der Waals surface area (Å²) in [5, 5.41) is 11.0. The van der Waals surface area contributed by atoms with Crippen LogP contribution in [0.3, 0.4) is 0 Å². The van der Waals surface area contributed by atoms with E-state index in [2.05, 4.69) is 0 Å². The Bertz CT molecular complexity index is 417. The maximum absolute atomic E-state index is 10.3. The van der Waals surface area contributed by atoms with Gasteiger partial charge in [-0.05, 0) is 61.5 Å². The predicted molar refractivity (Wildman–Crippen MR) is 74.7 cm³/mol. The van der Waals surface area contributed by atoms with Crippen molar-refractivity contribution in [2.75, 3.05) is 0 Å². The molecule has 98 valence electrons. The quantitative estimate of drug-likeness (QED) is 0.869. The molecule has 0 saturated heterocycles. The number of aliphatic hydroxyl groups is 1. The van der Waals surface area contributed by atoms with E-state index in [0.717, 1.165) is 34.8 Å². The van der Waals surface area contributed by atoms with Gasteiger partial charge in [0.05, 0.1) is 6.10 Å². The lowest BCUT2D eigenvalue weighted by Gasteiger charge is -2.24. The van der Waals surface area contributed by atoms with Crippen molar-refractivity contribution in [3.05, 3.63) is 34.9 Å². The van der Waals surface area contributed by atoms with Gasteiger partial charge in [-0.3, -0.25) is 0 Å². The molecule has 2 bridgehead atoms. The Morgan fingerprint density at radius 2 is 2.06 bits per heavy atom. The van der Waals surface area contributed by atoms with Gasteiger partial charge in [-0.2, -0.15) is 0 Å². The Morgan fingerprint density at radius 1 is 1.22 bits per heavy atom. The molecule has 1 aromatic rings. The number of rotatable bonds is 4. The first-order chi connectivity index (χ1) is 8.72. The second-order valence-corrected chi connectivity index (χ2v) is 6.53. The first-order valence-electron chi connectivity index (χ1n) is 7.14. The van der Waals surface area contributed by atoms with E-state index in [1.54, 1.807) is 0 Å². The van der Waals surface area contributed by atoms with Crippen molar-refractivity contribution >= 4 is 11.6 Å². The van der Waals surface area contributed by atoms with Crippen LogP contribution in [0.15, 0.2) is 24.3 Å². The highest BCUT2D eigenvalue weighted by Gasteiger charge is 2.39. The van der Waals surface area contributed by atoms with Gasteiger partial charge in [-0.25, -0.2) is 0 Å². The molecule has 0 aromatic heterocycles. The number of hydrogen-bond donors (Lipinski definition) is 1. The largest absolute Gasteiger partial charge is 0.393 e. The van der Waals surface area contributed by atoms with Crippen molar-refractivity contribution in [2.45, 2.75) is 44.6 Å². The summed E-state index contributed by atoms with van der Waals surface area (Å²) in [7, 11) is 0. The average molecular weight is 265 g/mol. The van der Waals surface area contributed by atoms with E-state index >= 15 is 0 Å². The first kappa shape index (κ1) is 12.5. The van der Waals surface area contributed by atoms with Crippen LogP contribution in [0.2, 0.25) is 5.02 Å². The molecule has 2 fully saturated rings. The number of halogens is 1. The van der Waals surface area contributed by atoms with Crippen LogP contribution in [0.1, 0.15) is 37.7 Å². The molecule has 3 rings (SSSR count). The minimum atomic E-state index is -0.228. The van der Waals surface area contributed by atoms with Crippen molar-refractivity contribution in [1.29, 1.82) is 0 Å². The molecule has 18 heavy (non-hydrogen) atoms. The minimum Gasteiger partial charge on any atom is -0.393 e. The lowest BCUT2D eigenvalue weighted by Crippen LogP contribution is -2.20. The lowest BCUT2D eigenvalue weighted by molar-refractivity contribution is 0.124. The standard InChI is InChI=1S/C16H21ClO/c17-16-4-2-1-3-13(16)9-15(18)10-14-8-11-5-6-12(14)7-11/h1-4,11-12,14-15,18H,5-10H2. The zero-order chi connectivity index (χ0) is 12.5. The lowest BCUT2D eigenvalue weighted by atomic mass is 9.84. The van der Waals surface area contributed by atoms with Gasteiger partial charge in [0.1, 0.15) is 0 Å². The van der Waals surface area contributed by atoms with E-state index in [1.165, 1.54) is 25.7 Å². The summed E-state index contributed by atoms with van der Waals surface area (Å²) < 4.78 is 0. The molecule has 1 nitrogen and oxygen atoms in total. The molecular weight excluding hydrogens is 244 g/mol. The second-order valence-electron chi connectivity index (χ2n) is 6.12. The maximum Gasteiger partial charge on any atom is 0.0583 e. The van der Waals surface area contributed by atoms with E-state index in [-0.39, 0.29) is 6.10 Å². The Labute approximate surface area is 114 Å². The molecule has 4 atom stereocenters. The van der Waals surface area contributed by atoms with Gasteiger partial charge in [0.15, 0.2) is 0 Å². The highest BCUT2D eigenvalue weighted by molar-refractivity contribution is 6.31. The van der Waals surface area contributed by atoms with Crippen molar-refractivity contribution in [3.8, 4) is 0 Å². The Balaban J connectivity index is 1.56. The van der Waals surface area contributed by atoms with Crippen LogP contribution in [0, 0.1) is 17.8 Å². The number of aliphatic hydroxyl groups excluding tert-OH is 1. The number of benzene rings is 1. The molecule has 2 heteroatoms. The summed E-state index contributed by atoms with van der Waals surface area (Å²) in [6, 6.07) is 7.85. The molecule has 0 spiro atoms. The zero-order valence-electron chi connectivity index (χ0n) is 10.7. The molecular formula is C16H21ClO. The summed E-state index contributed by atoms with van der Waals surface area (Å²) >= 11 is 6.14. The van der Waals surface area contributed by atoms with Crippen LogP contribution in [0.25, 0.3) is 0 Å². The van der Waals surface area contributed by atoms with E-state index in [9.17, 15) is 5.11 Å². The van der Waals surface area contributed by atoms with Gasteiger partial charge < -0.3 is 5.11 Å². The molecule has 2 aliphatic rings. The smallest absolute Gasteiger partial charge is 0.0583 e. The van der Waals surface area contributed by atoms with Crippen molar-refractivity contribution in [1.82, 2.24) is 0 Å². The third-order valence-electron chi connectivity index (χ3n) is 4.87. The monoisotopic (exact) mass is 264 g/mol. The van der Waals surface area contributed by atoms with Gasteiger partial charge in [0, 0.05) is 5.02 Å². The second kappa shape index (κ2) is 5.22. The van der Waals surface area contributed by atoms with Gasteiger partial charge >= 0.3 is 0 Å². The molecule has 4 unspecified atom stereocenters. The summed E-state index contributed by atoms with van der Waals surface area (Å²) in [5.74, 6) is 2.63. The van der Waals surface area contributed by atoms with Crippen LogP contribution in [0.5, 0.6) is 0 Å². The summed E-state index contributed by atoms with van der Waals surface area (Å²) in [6.45, 7) is 0. The van der Waals surface area contributed by atoms with Crippen LogP contribution < -0.4 is 0 Å². The fraction of sp³-hybridized carbons (Fsp3) is 0.625. The first-order valence-corrected chi connectivity index (χ1v) is 7.51. The van der Waals surface area contributed by atoms with Crippen molar-refractivity contribution in [2.24, 2.45) is 17.8 Å².